The molecule has 1 N–H and O–H groups in total. The molecule has 4 heteroatoms. The minimum absolute atomic E-state index is 0.204. The Morgan fingerprint density at radius 2 is 1.95 bits per heavy atom. The summed E-state index contributed by atoms with van der Waals surface area (Å²) < 4.78 is 5.58. The summed E-state index contributed by atoms with van der Waals surface area (Å²) in [7, 11) is 0. The van der Waals surface area contributed by atoms with Crippen molar-refractivity contribution in [3.63, 3.8) is 0 Å². The zero-order valence-corrected chi connectivity index (χ0v) is 12.4. The predicted molar refractivity (Wildman–Crippen MR) is 79.2 cm³/mol. The third kappa shape index (κ3) is 2.52. The van der Waals surface area contributed by atoms with E-state index in [9.17, 15) is 0 Å². The molecule has 2 fully saturated rings. The first-order valence-electron chi connectivity index (χ1n) is 6.96. The molecule has 2 aliphatic heterocycles. The topological polar surface area (TPSA) is 21.3 Å². The molecule has 3 rings (SSSR count). The van der Waals surface area contributed by atoms with Crippen molar-refractivity contribution >= 4 is 23.2 Å². The monoisotopic (exact) mass is 299 g/mol. The standard InChI is InChI=1S/C15H19Cl2NO/c16-13-2-1-11(9-14(13)17)15(4-7-19-8-5-15)12-3-6-18-10-12/h1-2,9,12,18H,3-8,10H2/t12-/m0/s1. The fourth-order valence-electron chi connectivity index (χ4n) is 3.60. The van der Waals surface area contributed by atoms with Crippen molar-refractivity contribution in [1.29, 1.82) is 0 Å². The van der Waals surface area contributed by atoms with Crippen LogP contribution in [-0.4, -0.2) is 26.3 Å². The summed E-state index contributed by atoms with van der Waals surface area (Å²) in [5.41, 5.74) is 1.54. The van der Waals surface area contributed by atoms with Gasteiger partial charge in [0, 0.05) is 18.6 Å². The average molecular weight is 300 g/mol. The van der Waals surface area contributed by atoms with Crippen LogP contribution in [0.25, 0.3) is 0 Å². The van der Waals surface area contributed by atoms with E-state index in [2.05, 4.69) is 17.4 Å². The van der Waals surface area contributed by atoms with Crippen molar-refractivity contribution in [3.05, 3.63) is 33.8 Å². The van der Waals surface area contributed by atoms with Crippen molar-refractivity contribution in [2.24, 2.45) is 5.92 Å². The SMILES string of the molecule is Clc1ccc(C2([C@H]3CCNC3)CCOCC2)cc1Cl. The van der Waals surface area contributed by atoms with Gasteiger partial charge >= 0.3 is 0 Å². The van der Waals surface area contributed by atoms with Crippen molar-refractivity contribution in [1.82, 2.24) is 5.32 Å². The highest BCUT2D eigenvalue weighted by Crippen LogP contribution is 2.45. The second kappa shape index (κ2) is 5.61. The van der Waals surface area contributed by atoms with Gasteiger partial charge in [0.1, 0.15) is 0 Å². The number of benzene rings is 1. The van der Waals surface area contributed by atoms with Gasteiger partial charge in [-0.05, 0) is 56.0 Å². The molecule has 2 saturated heterocycles. The van der Waals surface area contributed by atoms with Crippen molar-refractivity contribution in [2.75, 3.05) is 26.3 Å². The van der Waals surface area contributed by atoms with Gasteiger partial charge in [-0.25, -0.2) is 0 Å². The van der Waals surface area contributed by atoms with E-state index in [4.69, 9.17) is 27.9 Å². The van der Waals surface area contributed by atoms with E-state index in [1.807, 2.05) is 6.07 Å². The van der Waals surface area contributed by atoms with E-state index in [-0.39, 0.29) is 5.41 Å². The zero-order valence-electron chi connectivity index (χ0n) is 10.9. The van der Waals surface area contributed by atoms with Gasteiger partial charge in [0.15, 0.2) is 0 Å². The van der Waals surface area contributed by atoms with E-state index in [1.54, 1.807) is 0 Å². The Morgan fingerprint density at radius 1 is 1.16 bits per heavy atom. The molecule has 104 valence electrons. The number of halogens is 2. The fourth-order valence-corrected chi connectivity index (χ4v) is 3.90. The summed E-state index contributed by atoms with van der Waals surface area (Å²) in [4.78, 5) is 0. The van der Waals surface area contributed by atoms with Crippen LogP contribution < -0.4 is 5.32 Å². The summed E-state index contributed by atoms with van der Waals surface area (Å²) in [5, 5.41) is 4.79. The van der Waals surface area contributed by atoms with Crippen LogP contribution in [0.2, 0.25) is 10.0 Å². The number of hydrogen-bond acceptors (Lipinski definition) is 2. The largest absolute Gasteiger partial charge is 0.381 e. The Morgan fingerprint density at radius 3 is 2.58 bits per heavy atom. The molecular weight excluding hydrogens is 281 g/mol. The van der Waals surface area contributed by atoms with E-state index in [1.165, 1.54) is 12.0 Å². The lowest BCUT2D eigenvalue weighted by atomic mass is 9.65. The summed E-state index contributed by atoms with van der Waals surface area (Å²) in [6.07, 6.45) is 3.40. The summed E-state index contributed by atoms with van der Waals surface area (Å²) in [5.74, 6) is 0.675. The zero-order chi connectivity index (χ0) is 13.3. The third-order valence-corrected chi connectivity index (χ3v) is 5.46. The molecule has 0 spiro atoms. The van der Waals surface area contributed by atoms with Gasteiger partial charge in [-0.15, -0.1) is 0 Å². The molecule has 0 unspecified atom stereocenters. The molecule has 0 aromatic heterocycles. The van der Waals surface area contributed by atoms with Gasteiger partial charge in [0.25, 0.3) is 0 Å². The average Bonchev–Trinajstić information content (AvgIpc) is 2.97. The Labute approximate surface area is 124 Å². The normalized spacial score (nSPS) is 26.5. The molecule has 1 aromatic rings. The minimum atomic E-state index is 0.204. The Balaban J connectivity index is 1.99. The molecule has 19 heavy (non-hydrogen) atoms. The molecule has 1 atom stereocenters. The highest BCUT2D eigenvalue weighted by Gasteiger charge is 2.42. The van der Waals surface area contributed by atoms with Crippen molar-refractivity contribution in [2.45, 2.75) is 24.7 Å². The maximum absolute atomic E-state index is 6.22. The van der Waals surface area contributed by atoms with E-state index >= 15 is 0 Å². The Bertz CT molecular complexity index is 451. The van der Waals surface area contributed by atoms with Gasteiger partial charge in [-0.3, -0.25) is 0 Å². The molecule has 0 radical (unpaired) electrons. The highest BCUT2D eigenvalue weighted by molar-refractivity contribution is 6.42. The fraction of sp³-hybridized carbons (Fsp3) is 0.600. The van der Waals surface area contributed by atoms with E-state index in [0.29, 0.717) is 16.0 Å². The van der Waals surface area contributed by atoms with Crippen molar-refractivity contribution < 1.29 is 4.74 Å². The summed E-state index contributed by atoms with van der Waals surface area (Å²) >= 11 is 12.3. The lowest BCUT2D eigenvalue weighted by Crippen LogP contribution is -2.41. The number of ether oxygens (including phenoxy) is 1. The molecule has 1 aromatic carbocycles. The van der Waals surface area contributed by atoms with Crippen LogP contribution in [0.3, 0.4) is 0 Å². The summed E-state index contributed by atoms with van der Waals surface area (Å²) in [6.45, 7) is 3.91. The molecule has 0 aliphatic carbocycles. The maximum Gasteiger partial charge on any atom is 0.0595 e. The van der Waals surface area contributed by atoms with E-state index in [0.717, 1.165) is 39.1 Å². The molecule has 0 amide bonds. The predicted octanol–water partition coefficient (Wildman–Crippen LogP) is 3.65. The van der Waals surface area contributed by atoms with E-state index < -0.39 is 0 Å². The molecular formula is C15H19Cl2NO. The smallest absolute Gasteiger partial charge is 0.0595 e. The van der Waals surface area contributed by atoms with Crippen LogP contribution >= 0.6 is 23.2 Å². The molecule has 2 nitrogen and oxygen atoms in total. The number of hydrogen-bond donors (Lipinski definition) is 1. The maximum atomic E-state index is 6.22. The first kappa shape index (κ1) is 13.7. The lowest BCUT2D eigenvalue weighted by Gasteiger charge is -2.42. The van der Waals surface area contributed by atoms with Gasteiger partial charge in [0.05, 0.1) is 10.0 Å². The van der Waals surface area contributed by atoms with Gasteiger partial charge in [-0.1, -0.05) is 29.3 Å². The van der Waals surface area contributed by atoms with Crippen LogP contribution in [0.1, 0.15) is 24.8 Å². The highest BCUT2D eigenvalue weighted by atomic mass is 35.5. The van der Waals surface area contributed by atoms with Gasteiger partial charge < -0.3 is 10.1 Å². The quantitative estimate of drug-likeness (QED) is 0.900. The van der Waals surface area contributed by atoms with Gasteiger partial charge in [-0.2, -0.15) is 0 Å². The minimum Gasteiger partial charge on any atom is -0.381 e. The molecule has 2 aliphatic rings. The van der Waals surface area contributed by atoms with Crippen LogP contribution in [-0.2, 0) is 10.2 Å². The van der Waals surface area contributed by atoms with Crippen LogP contribution in [0, 0.1) is 5.92 Å². The first-order chi connectivity index (χ1) is 9.22. The van der Waals surface area contributed by atoms with Crippen molar-refractivity contribution in [3.8, 4) is 0 Å². The van der Waals surface area contributed by atoms with Gasteiger partial charge in [0.2, 0.25) is 0 Å². The van der Waals surface area contributed by atoms with Crippen LogP contribution in [0.4, 0.5) is 0 Å². The Hall–Kier alpha value is -0.280. The molecule has 2 heterocycles. The summed E-state index contributed by atoms with van der Waals surface area (Å²) in [6, 6.07) is 6.14. The number of rotatable bonds is 2. The second-order valence-electron chi connectivity index (χ2n) is 5.59. The molecule has 0 saturated carbocycles. The number of nitrogens with one attached hydrogen (secondary N) is 1. The second-order valence-corrected chi connectivity index (χ2v) is 6.40. The first-order valence-corrected chi connectivity index (χ1v) is 7.72. The van der Waals surface area contributed by atoms with Crippen LogP contribution in [0.15, 0.2) is 18.2 Å². The van der Waals surface area contributed by atoms with Crippen LogP contribution in [0.5, 0.6) is 0 Å². The molecule has 0 bridgehead atoms. The lowest BCUT2D eigenvalue weighted by molar-refractivity contribution is 0.0290. The Kier molecular flexibility index (Phi) is 4.04. The third-order valence-electron chi connectivity index (χ3n) is 4.72.